The number of ether oxygens (including phenoxy) is 2. The van der Waals surface area contributed by atoms with Gasteiger partial charge in [0.25, 0.3) is 0 Å². The number of benzene rings is 1. The molecule has 0 bridgehead atoms. The lowest BCUT2D eigenvalue weighted by Crippen LogP contribution is -2.15. The molecule has 0 aliphatic heterocycles. The maximum atomic E-state index is 11.4. The van der Waals surface area contributed by atoms with Gasteiger partial charge in [-0.15, -0.1) is 0 Å². The van der Waals surface area contributed by atoms with Crippen LogP contribution in [0.2, 0.25) is 0 Å². The molecule has 0 saturated carbocycles. The summed E-state index contributed by atoms with van der Waals surface area (Å²) in [7, 11) is 0. The first-order valence-electron chi connectivity index (χ1n) is 8.13. The summed E-state index contributed by atoms with van der Waals surface area (Å²) < 4.78 is 10.2. The van der Waals surface area contributed by atoms with Crippen molar-refractivity contribution in [2.45, 2.75) is 58.8 Å². The van der Waals surface area contributed by atoms with Crippen molar-refractivity contribution in [2.75, 3.05) is 13.2 Å². The van der Waals surface area contributed by atoms with Gasteiger partial charge in [0.05, 0.1) is 0 Å². The minimum absolute atomic E-state index is 0.00993. The summed E-state index contributed by atoms with van der Waals surface area (Å²) in [6.45, 7) is 4.62. The van der Waals surface area contributed by atoms with Gasteiger partial charge < -0.3 is 9.47 Å². The topological polar surface area (TPSA) is 35.5 Å². The van der Waals surface area contributed by atoms with Crippen LogP contribution in [0.4, 0.5) is 0 Å². The average Bonchev–Trinajstić information content (AvgIpc) is 2.50. The van der Waals surface area contributed by atoms with Crippen LogP contribution in [-0.4, -0.2) is 19.2 Å². The first-order chi connectivity index (χ1) is 10.3. The van der Waals surface area contributed by atoms with Crippen molar-refractivity contribution in [1.29, 1.82) is 0 Å². The number of hydrogen-bond acceptors (Lipinski definition) is 3. The van der Waals surface area contributed by atoms with Gasteiger partial charge in [0.15, 0.2) is 0 Å². The van der Waals surface area contributed by atoms with Crippen LogP contribution in [0.1, 0.15) is 57.9 Å². The van der Waals surface area contributed by atoms with Crippen LogP contribution in [0.15, 0.2) is 24.3 Å². The normalized spacial score (nSPS) is 10.6. The quantitative estimate of drug-likeness (QED) is 0.341. The molecule has 0 unspecified atom stereocenters. The van der Waals surface area contributed by atoms with Crippen LogP contribution in [0, 0.1) is 0 Å². The minimum Gasteiger partial charge on any atom is -0.425 e. The zero-order valence-electron chi connectivity index (χ0n) is 13.4. The maximum Gasteiger partial charge on any atom is 0.337 e. The molecule has 1 aromatic carbocycles. The second-order valence-corrected chi connectivity index (χ2v) is 5.27. The van der Waals surface area contributed by atoms with Crippen LogP contribution in [-0.2, 0) is 16.0 Å². The Bertz CT molecular complexity index is 384. The maximum absolute atomic E-state index is 11.4. The molecule has 0 aliphatic carbocycles. The minimum atomic E-state index is -0.347. The molecule has 0 saturated heterocycles. The van der Waals surface area contributed by atoms with E-state index in [0.717, 1.165) is 6.42 Å². The summed E-state index contributed by atoms with van der Waals surface area (Å²) in [5.41, 5.74) is 1.30. The van der Waals surface area contributed by atoms with E-state index in [1.807, 2.05) is 31.2 Å². The number of aryl methyl sites for hydroxylation is 1. The third kappa shape index (κ3) is 8.51. The third-order valence-corrected chi connectivity index (χ3v) is 3.40. The molecule has 0 aromatic heterocycles. The SMILES string of the molecule is CCCCCCCCc1ccc(OC(=O)COCC)cc1. The van der Waals surface area contributed by atoms with Crippen LogP contribution in [0.3, 0.4) is 0 Å². The number of unbranched alkanes of at least 4 members (excludes halogenated alkanes) is 5. The molecule has 1 aromatic rings. The van der Waals surface area contributed by atoms with Crippen molar-refractivity contribution in [3.8, 4) is 5.75 Å². The summed E-state index contributed by atoms with van der Waals surface area (Å²) in [4.78, 5) is 11.4. The van der Waals surface area contributed by atoms with Crippen molar-refractivity contribution >= 4 is 5.97 Å². The molecule has 0 spiro atoms. The molecule has 0 amide bonds. The van der Waals surface area contributed by atoms with Gasteiger partial charge >= 0.3 is 5.97 Å². The fraction of sp³-hybridized carbons (Fsp3) is 0.611. The van der Waals surface area contributed by atoms with E-state index in [0.29, 0.717) is 12.4 Å². The lowest BCUT2D eigenvalue weighted by Gasteiger charge is -2.06. The van der Waals surface area contributed by atoms with E-state index in [9.17, 15) is 4.79 Å². The molecule has 3 nitrogen and oxygen atoms in total. The lowest BCUT2D eigenvalue weighted by molar-refractivity contribution is -0.139. The molecule has 1 rings (SSSR count). The number of hydrogen-bond donors (Lipinski definition) is 0. The van der Waals surface area contributed by atoms with Crippen molar-refractivity contribution in [1.82, 2.24) is 0 Å². The smallest absolute Gasteiger partial charge is 0.337 e. The standard InChI is InChI=1S/C18H28O3/c1-3-5-6-7-8-9-10-16-11-13-17(14-12-16)21-18(19)15-20-4-2/h11-14H,3-10,15H2,1-2H3. The fourth-order valence-electron chi connectivity index (χ4n) is 2.18. The molecule has 0 N–H and O–H groups in total. The second-order valence-electron chi connectivity index (χ2n) is 5.27. The van der Waals surface area contributed by atoms with Crippen molar-refractivity contribution in [2.24, 2.45) is 0 Å². The first kappa shape index (κ1) is 17.7. The molecule has 118 valence electrons. The van der Waals surface area contributed by atoms with Gasteiger partial charge in [-0.1, -0.05) is 51.2 Å². The summed E-state index contributed by atoms with van der Waals surface area (Å²) >= 11 is 0. The van der Waals surface area contributed by atoms with E-state index in [1.165, 1.54) is 44.1 Å². The van der Waals surface area contributed by atoms with E-state index in [1.54, 1.807) is 0 Å². The highest BCUT2D eigenvalue weighted by Crippen LogP contribution is 2.15. The number of carbonyl (C=O) groups is 1. The summed E-state index contributed by atoms with van der Waals surface area (Å²) in [6, 6.07) is 7.79. The Labute approximate surface area is 128 Å². The highest BCUT2D eigenvalue weighted by Gasteiger charge is 2.04. The van der Waals surface area contributed by atoms with Crippen LogP contribution in [0.25, 0.3) is 0 Å². The monoisotopic (exact) mass is 292 g/mol. The molecule has 3 heteroatoms. The molecule has 0 fully saturated rings. The van der Waals surface area contributed by atoms with Crippen molar-refractivity contribution < 1.29 is 14.3 Å². The summed E-state index contributed by atoms with van der Waals surface area (Å²) in [5.74, 6) is 0.243. The molecule has 21 heavy (non-hydrogen) atoms. The van der Waals surface area contributed by atoms with Gasteiger partial charge in [-0.3, -0.25) is 0 Å². The zero-order chi connectivity index (χ0) is 15.3. The second kappa shape index (κ2) is 11.3. The summed E-state index contributed by atoms with van der Waals surface area (Å²) in [5, 5.41) is 0. The van der Waals surface area contributed by atoms with Gasteiger partial charge in [-0.25, -0.2) is 4.79 Å². The van der Waals surface area contributed by atoms with Gasteiger partial charge in [0.2, 0.25) is 0 Å². The number of carbonyl (C=O) groups excluding carboxylic acids is 1. The Hall–Kier alpha value is -1.35. The van der Waals surface area contributed by atoms with E-state index in [4.69, 9.17) is 9.47 Å². The van der Waals surface area contributed by atoms with Crippen molar-refractivity contribution in [3.63, 3.8) is 0 Å². The van der Waals surface area contributed by atoms with Gasteiger partial charge in [-0.2, -0.15) is 0 Å². The predicted molar refractivity (Wildman–Crippen MR) is 85.7 cm³/mol. The van der Waals surface area contributed by atoms with Gasteiger partial charge in [-0.05, 0) is 37.5 Å². The molecule has 0 aliphatic rings. The highest BCUT2D eigenvalue weighted by atomic mass is 16.6. The number of rotatable bonds is 11. The largest absolute Gasteiger partial charge is 0.425 e. The van der Waals surface area contributed by atoms with E-state index in [2.05, 4.69) is 6.92 Å². The molecule has 0 atom stereocenters. The van der Waals surface area contributed by atoms with Crippen LogP contribution >= 0.6 is 0 Å². The van der Waals surface area contributed by atoms with Crippen LogP contribution < -0.4 is 4.74 Å². The Morgan fingerprint density at radius 2 is 1.62 bits per heavy atom. The molecular formula is C18H28O3. The molecule has 0 heterocycles. The van der Waals surface area contributed by atoms with Crippen molar-refractivity contribution in [3.05, 3.63) is 29.8 Å². The number of esters is 1. The third-order valence-electron chi connectivity index (χ3n) is 3.40. The Morgan fingerprint density at radius 3 is 2.29 bits per heavy atom. The lowest BCUT2D eigenvalue weighted by atomic mass is 10.0. The Kier molecular flexibility index (Phi) is 9.55. The Balaban J connectivity index is 2.22. The fourth-order valence-corrected chi connectivity index (χ4v) is 2.18. The molecular weight excluding hydrogens is 264 g/mol. The predicted octanol–water partition coefficient (Wildman–Crippen LogP) is 4.53. The first-order valence-corrected chi connectivity index (χ1v) is 8.13. The zero-order valence-corrected chi connectivity index (χ0v) is 13.4. The van der Waals surface area contributed by atoms with E-state index < -0.39 is 0 Å². The highest BCUT2D eigenvalue weighted by molar-refractivity contribution is 5.73. The average molecular weight is 292 g/mol. The Morgan fingerprint density at radius 1 is 0.952 bits per heavy atom. The van der Waals surface area contributed by atoms with Gasteiger partial charge in [0, 0.05) is 6.61 Å². The van der Waals surface area contributed by atoms with Gasteiger partial charge in [0.1, 0.15) is 12.4 Å². The van der Waals surface area contributed by atoms with E-state index in [-0.39, 0.29) is 12.6 Å². The molecule has 0 radical (unpaired) electrons. The summed E-state index contributed by atoms with van der Waals surface area (Å²) in [6.07, 6.45) is 8.95. The van der Waals surface area contributed by atoms with Crippen LogP contribution in [0.5, 0.6) is 5.75 Å². The van der Waals surface area contributed by atoms with E-state index >= 15 is 0 Å².